The number of carbonyl (C=O) groups excluding carboxylic acids is 1. The molecule has 3 unspecified atom stereocenters. The van der Waals surface area contributed by atoms with Crippen LogP contribution >= 0.6 is 0 Å². The molecule has 1 heterocycles. The van der Waals surface area contributed by atoms with E-state index in [9.17, 15) is 13.2 Å². The van der Waals surface area contributed by atoms with Crippen LogP contribution in [-0.4, -0.2) is 45.7 Å². The number of fused-ring (bicyclic) bond motifs is 1. The number of ketones is 1. The molecular weight excluding hydrogens is 318 g/mol. The predicted molar refractivity (Wildman–Crippen MR) is 83.9 cm³/mol. The molecule has 1 aromatic rings. The Hall–Kier alpha value is -1.28. The molecule has 0 amide bonds. The van der Waals surface area contributed by atoms with E-state index in [4.69, 9.17) is 9.47 Å². The van der Waals surface area contributed by atoms with Crippen LogP contribution < -0.4 is 4.72 Å². The van der Waals surface area contributed by atoms with Gasteiger partial charge >= 0.3 is 0 Å². The van der Waals surface area contributed by atoms with Crippen molar-refractivity contribution >= 4 is 15.8 Å². The van der Waals surface area contributed by atoms with E-state index in [1.165, 1.54) is 31.2 Å². The molecule has 0 bridgehead atoms. The molecule has 6 nitrogen and oxygen atoms in total. The highest BCUT2D eigenvalue weighted by atomic mass is 32.2. The standard InChI is InChI=1S/C16H21NO5S/c1-11(18)12-2-5-14(6-3-12)23(19,20)17-13-4-7-15-16(10-13)22-9-8-21-15/h2-3,5-6,13,15-17H,4,7-10H2,1H3. The zero-order chi connectivity index (χ0) is 16.4. The Morgan fingerprint density at radius 3 is 2.39 bits per heavy atom. The maximum atomic E-state index is 12.5. The molecule has 0 aromatic heterocycles. The van der Waals surface area contributed by atoms with Crippen LogP contribution in [0.1, 0.15) is 36.5 Å². The summed E-state index contributed by atoms with van der Waals surface area (Å²) in [5.74, 6) is -0.0883. The van der Waals surface area contributed by atoms with E-state index in [2.05, 4.69) is 4.72 Å². The fourth-order valence-corrected chi connectivity index (χ4v) is 4.41. The zero-order valence-corrected chi connectivity index (χ0v) is 13.8. The second-order valence-corrected chi connectivity index (χ2v) is 7.74. The van der Waals surface area contributed by atoms with Crippen LogP contribution in [0.3, 0.4) is 0 Å². The summed E-state index contributed by atoms with van der Waals surface area (Å²) in [6, 6.07) is 5.84. The molecule has 3 rings (SSSR count). The van der Waals surface area contributed by atoms with Crippen molar-refractivity contribution in [2.75, 3.05) is 13.2 Å². The first-order valence-corrected chi connectivity index (χ1v) is 9.30. The Labute approximate surface area is 136 Å². The number of sulfonamides is 1. The quantitative estimate of drug-likeness (QED) is 0.841. The molecule has 1 aromatic carbocycles. The van der Waals surface area contributed by atoms with Crippen LogP contribution in [-0.2, 0) is 19.5 Å². The molecule has 1 aliphatic carbocycles. The van der Waals surface area contributed by atoms with E-state index in [0.717, 1.165) is 12.8 Å². The number of Topliss-reactive ketones (excluding diaryl/α,β-unsaturated/α-hetero) is 1. The number of hydrogen-bond acceptors (Lipinski definition) is 5. The largest absolute Gasteiger partial charge is 0.373 e. The molecule has 1 saturated carbocycles. The molecule has 0 spiro atoms. The highest BCUT2D eigenvalue weighted by molar-refractivity contribution is 7.89. The van der Waals surface area contributed by atoms with Gasteiger partial charge in [-0.1, -0.05) is 12.1 Å². The van der Waals surface area contributed by atoms with E-state index in [0.29, 0.717) is 25.2 Å². The fourth-order valence-electron chi connectivity index (χ4n) is 3.13. The maximum Gasteiger partial charge on any atom is 0.240 e. The van der Waals surface area contributed by atoms with E-state index >= 15 is 0 Å². The molecule has 7 heteroatoms. The summed E-state index contributed by atoms with van der Waals surface area (Å²) in [6.07, 6.45) is 2.19. The zero-order valence-electron chi connectivity index (χ0n) is 13.0. The summed E-state index contributed by atoms with van der Waals surface area (Å²) in [4.78, 5) is 11.4. The Kier molecular flexibility index (Phi) is 4.82. The lowest BCUT2D eigenvalue weighted by atomic mass is 9.90. The molecule has 1 saturated heterocycles. The van der Waals surface area contributed by atoms with Crippen molar-refractivity contribution in [2.45, 2.75) is 49.3 Å². The lowest BCUT2D eigenvalue weighted by Gasteiger charge is -2.38. The lowest BCUT2D eigenvalue weighted by molar-refractivity contribution is -0.156. The number of rotatable bonds is 4. The molecule has 1 aliphatic heterocycles. The molecule has 3 atom stereocenters. The average molecular weight is 339 g/mol. The van der Waals surface area contributed by atoms with E-state index in [1.807, 2.05) is 0 Å². The molecule has 23 heavy (non-hydrogen) atoms. The van der Waals surface area contributed by atoms with Gasteiger partial charge in [0.25, 0.3) is 0 Å². The van der Waals surface area contributed by atoms with Crippen molar-refractivity contribution in [3.63, 3.8) is 0 Å². The fraction of sp³-hybridized carbons (Fsp3) is 0.562. The van der Waals surface area contributed by atoms with Crippen molar-refractivity contribution in [1.82, 2.24) is 4.72 Å². The highest BCUT2D eigenvalue weighted by Gasteiger charge is 2.35. The second kappa shape index (κ2) is 6.68. The minimum absolute atomic E-state index is 0.0368. The van der Waals surface area contributed by atoms with Gasteiger partial charge in [0.15, 0.2) is 5.78 Å². The van der Waals surface area contributed by atoms with Crippen LogP contribution in [0.15, 0.2) is 29.2 Å². The smallest absolute Gasteiger partial charge is 0.240 e. The second-order valence-electron chi connectivity index (χ2n) is 6.03. The van der Waals surface area contributed by atoms with Gasteiger partial charge in [0.05, 0.1) is 30.3 Å². The number of nitrogens with one attached hydrogen (secondary N) is 1. The summed E-state index contributed by atoms with van der Waals surface area (Å²) in [5.41, 5.74) is 0.497. The Morgan fingerprint density at radius 1 is 1.09 bits per heavy atom. The molecule has 2 aliphatic rings. The number of carbonyl (C=O) groups is 1. The summed E-state index contributed by atoms with van der Waals surface area (Å²) in [5, 5.41) is 0. The SMILES string of the molecule is CC(=O)c1ccc(S(=O)(=O)NC2CCC3OCCOC3C2)cc1. The molecule has 2 fully saturated rings. The van der Waals surface area contributed by atoms with Gasteiger partial charge in [0, 0.05) is 11.6 Å². The van der Waals surface area contributed by atoms with Crippen LogP contribution in [0.25, 0.3) is 0 Å². The van der Waals surface area contributed by atoms with Crippen molar-refractivity contribution in [3.05, 3.63) is 29.8 Å². The van der Waals surface area contributed by atoms with Gasteiger partial charge in [-0.2, -0.15) is 0 Å². The maximum absolute atomic E-state index is 12.5. The van der Waals surface area contributed by atoms with Gasteiger partial charge in [0.1, 0.15) is 0 Å². The summed E-state index contributed by atoms with van der Waals surface area (Å²) < 4.78 is 39.0. The molecular formula is C16H21NO5S. The lowest BCUT2D eigenvalue weighted by Crippen LogP contribution is -2.49. The van der Waals surface area contributed by atoms with Crippen molar-refractivity contribution < 1.29 is 22.7 Å². The Morgan fingerprint density at radius 2 is 1.74 bits per heavy atom. The monoisotopic (exact) mass is 339 g/mol. The van der Waals surface area contributed by atoms with Gasteiger partial charge in [-0.05, 0) is 38.3 Å². The third kappa shape index (κ3) is 3.80. The molecule has 1 N–H and O–H groups in total. The first kappa shape index (κ1) is 16.6. The van der Waals surface area contributed by atoms with Crippen molar-refractivity contribution in [3.8, 4) is 0 Å². The third-order valence-electron chi connectivity index (χ3n) is 4.37. The van der Waals surface area contributed by atoms with E-state index < -0.39 is 10.0 Å². The Bertz CT molecular complexity index is 670. The van der Waals surface area contributed by atoms with Gasteiger partial charge in [-0.25, -0.2) is 13.1 Å². The first-order valence-electron chi connectivity index (χ1n) is 7.82. The normalized spacial score (nSPS) is 28.1. The number of hydrogen-bond donors (Lipinski definition) is 1. The Balaban J connectivity index is 1.67. The summed E-state index contributed by atoms with van der Waals surface area (Å²) in [6.45, 7) is 2.62. The molecule has 0 radical (unpaired) electrons. The summed E-state index contributed by atoms with van der Waals surface area (Å²) >= 11 is 0. The van der Waals surface area contributed by atoms with Crippen LogP contribution in [0.4, 0.5) is 0 Å². The minimum atomic E-state index is -3.60. The van der Waals surface area contributed by atoms with E-state index in [-0.39, 0.29) is 28.9 Å². The topological polar surface area (TPSA) is 81.7 Å². The van der Waals surface area contributed by atoms with E-state index in [1.54, 1.807) is 0 Å². The van der Waals surface area contributed by atoms with Crippen molar-refractivity contribution in [1.29, 1.82) is 0 Å². The van der Waals surface area contributed by atoms with Crippen LogP contribution in [0.2, 0.25) is 0 Å². The number of ether oxygens (including phenoxy) is 2. The van der Waals surface area contributed by atoms with Gasteiger partial charge in [-0.15, -0.1) is 0 Å². The summed E-state index contributed by atoms with van der Waals surface area (Å²) in [7, 11) is -3.60. The minimum Gasteiger partial charge on any atom is -0.373 e. The van der Waals surface area contributed by atoms with Crippen molar-refractivity contribution in [2.24, 2.45) is 0 Å². The van der Waals surface area contributed by atoms with Crippen LogP contribution in [0, 0.1) is 0 Å². The highest BCUT2D eigenvalue weighted by Crippen LogP contribution is 2.27. The average Bonchev–Trinajstić information content (AvgIpc) is 2.54. The van der Waals surface area contributed by atoms with Crippen LogP contribution in [0.5, 0.6) is 0 Å². The van der Waals surface area contributed by atoms with Gasteiger partial charge in [0.2, 0.25) is 10.0 Å². The number of benzene rings is 1. The first-order chi connectivity index (χ1) is 11.0. The molecule has 126 valence electrons. The third-order valence-corrected chi connectivity index (χ3v) is 5.91. The van der Waals surface area contributed by atoms with Gasteiger partial charge in [-0.3, -0.25) is 4.79 Å². The van der Waals surface area contributed by atoms with Gasteiger partial charge < -0.3 is 9.47 Å². The predicted octanol–water partition coefficient (Wildman–Crippen LogP) is 1.50.